The SMILES string of the molecule is CC(=O)c1cn(CC(=O)N2C3C[C@]3(C)C[C@H]2C(=O)Nc2nc(C(F)(F)F)cnc2C)c2c(C)cc(-c3ccc4nc(C)nn4c3)cc12. The van der Waals surface area contributed by atoms with Crippen molar-refractivity contribution >= 4 is 40.0 Å². The molecular weight excluding hydrogens is 613 g/mol. The summed E-state index contributed by atoms with van der Waals surface area (Å²) in [7, 11) is 0. The molecule has 0 bridgehead atoms. The molecule has 1 unspecified atom stereocenters. The second-order valence-corrected chi connectivity index (χ2v) is 12.9. The molecule has 5 aromatic rings. The highest BCUT2D eigenvalue weighted by Crippen LogP contribution is 2.59. The van der Waals surface area contributed by atoms with Crippen LogP contribution in [0.15, 0.2) is 42.9 Å². The molecule has 3 atom stereocenters. The van der Waals surface area contributed by atoms with Gasteiger partial charge in [-0.25, -0.2) is 14.5 Å². The molecule has 1 aliphatic carbocycles. The zero-order valence-corrected chi connectivity index (χ0v) is 26.3. The second kappa shape index (κ2) is 10.4. The molecule has 0 spiro atoms. The van der Waals surface area contributed by atoms with Crippen molar-refractivity contribution in [1.29, 1.82) is 0 Å². The van der Waals surface area contributed by atoms with Crippen molar-refractivity contribution in [2.24, 2.45) is 5.41 Å². The Bertz CT molecular complexity index is 2150. The molecule has 7 rings (SSSR count). The van der Waals surface area contributed by atoms with E-state index in [2.05, 4.69) is 25.4 Å². The van der Waals surface area contributed by atoms with E-state index in [1.54, 1.807) is 20.2 Å². The van der Waals surface area contributed by atoms with E-state index in [9.17, 15) is 27.6 Å². The lowest BCUT2D eigenvalue weighted by molar-refractivity contribution is -0.141. The number of aryl methyl sites for hydroxylation is 3. The predicted octanol–water partition coefficient (Wildman–Crippen LogP) is 5.31. The van der Waals surface area contributed by atoms with Crippen molar-refractivity contribution in [3.05, 3.63) is 71.2 Å². The average Bonchev–Trinajstić information content (AvgIpc) is 3.26. The van der Waals surface area contributed by atoms with E-state index >= 15 is 0 Å². The monoisotopic (exact) mass is 644 g/mol. The molecule has 11 nitrogen and oxygen atoms in total. The zero-order chi connectivity index (χ0) is 33.6. The first-order valence-corrected chi connectivity index (χ1v) is 15.1. The molecule has 2 amide bonds. The van der Waals surface area contributed by atoms with Crippen LogP contribution in [0.2, 0.25) is 0 Å². The number of alkyl halides is 3. The maximum Gasteiger partial charge on any atom is 0.434 e. The largest absolute Gasteiger partial charge is 0.434 e. The number of hydrogen-bond donors (Lipinski definition) is 1. The first-order valence-electron chi connectivity index (χ1n) is 15.1. The number of fused-ring (bicyclic) bond motifs is 3. The Morgan fingerprint density at radius 3 is 2.53 bits per heavy atom. The van der Waals surface area contributed by atoms with E-state index in [1.165, 1.54) is 13.8 Å². The third-order valence-corrected chi connectivity index (χ3v) is 9.33. The smallest absolute Gasteiger partial charge is 0.337 e. The molecule has 14 heteroatoms. The van der Waals surface area contributed by atoms with Gasteiger partial charge in [-0.05, 0) is 81.3 Å². The first kappa shape index (κ1) is 30.5. The van der Waals surface area contributed by atoms with Gasteiger partial charge in [0.25, 0.3) is 0 Å². The Hall–Kier alpha value is -5.14. The number of benzene rings is 1. The molecule has 4 aromatic heterocycles. The van der Waals surface area contributed by atoms with Gasteiger partial charge in [0, 0.05) is 34.9 Å². The van der Waals surface area contributed by atoms with E-state index in [0.717, 1.165) is 27.9 Å². The highest BCUT2D eigenvalue weighted by atomic mass is 19.4. The summed E-state index contributed by atoms with van der Waals surface area (Å²) in [6.45, 7) is 8.51. The molecule has 0 radical (unpaired) electrons. The van der Waals surface area contributed by atoms with E-state index in [4.69, 9.17) is 0 Å². The molecule has 242 valence electrons. The van der Waals surface area contributed by atoms with Crippen molar-refractivity contribution < 1.29 is 27.6 Å². The molecule has 1 aromatic carbocycles. The fourth-order valence-electron chi connectivity index (χ4n) is 6.88. The number of hydrogen-bond acceptors (Lipinski definition) is 7. The normalized spacial score (nSPS) is 20.6. The van der Waals surface area contributed by atoms with Crippen LogP contribution in [0, 0.1) is 26.2 Å². The van der Waals surface area contributed by atoms with Gasteiger partial charge in [0.1, 0.15) is 18.4 Å². The highest BCUT2D eigenvalue weighted by molar-refractivity contribution is 6.09. The number of halogens is 3. The number of nitrogens with one attached hydrogen (secondary N) is 1. The molecule has 1 aliphatic heterocycles. The second-order valence-electron chi connectivity index (χ2n) is 12.9. The maximum absolute atomic E-state index is 14.0. The van der Waals surface area contributed by atoms with Crippen LogP contribution in [0.25, 0.3) is 27.7 Å². The summed E-state index contributed by atoms with van der Waals surface area (Å²) >= 11 is 0. The third kappa shape index (κ3) is 5.21. The summed E-state index contributed by atoms with van der Waals surface area (Å²) in [6.07, 6.45) is 0.514. The number of rotatable bonds is 6. The minimum absolute atomic E-state index is 0.125. The predicted molar refractivity (Wildman–Crippen MR) is 166 cm³/mol. The summed E-state index contributed by atoms with van der Waals surface area (Å²) in [5.41, 5.74) is 3.13. The zero-order valence-electron chi connectivity index (χ0n) is 26.3. The number of anilines is 1. The first-order chi connectivity index (χ1) is 22.1. The summed E-state index contributed by atoms with van der Waals surface area (Å²) in [6, 6.07) is 6.64. The van der Waals surface area contributed by atoms with Crippen LogP contribution in [-0.4, -0.2) is 63.7 Å². The number of carbonyl (C=O) groups excluding carboxylic acids is 3. The van der Waals surface area contributed by atoms with Crippen molar-refractivity contribution in [2.75, 3.05) is 5.32 Å². The molecule has 2 fully saturated rings. The van der Waals surface area contributed by atoms with Crippen LogP contribution < -0.4 is 5.32 Å². The van der Waals surface area contributed by atoms with Crippen LogP contribution in [0.4, 0.5) is 19.0 Å². The fraction of sp³-hybridized carbons (Fsp3) is 0.364. The minimum Gasteiger partial charge on any atom is -0.337 e. The Balaban J connectivity index is 1.19. The van der Waals surface area contributed by atoms with Gasteiger partial charge in [-0.2, -0.15) is 18.3 Å². The Labute approximate surface area is 266 Å². The maximum atomic E-state index is 14.0. The number of ketones is 1. The van der Waals surface area contributed by atoms with Crippen molar-refractivity contribution in [3.63, 3.8) is 0 Å². The molecule has 5 heterocycles. The van der Waals surface area contributed by atoms with Crippen LogP contribution in [-0.2, 0) is 22.3 Å². The van der Waals surface area contributed by atoms with E-state index in [1.807, 2.05) is 51.2 Å². The average molecular weight is 645 g/mol. The van der Waals surface area contributed by atoms with Gasteiger partial charge in [0.05, 0.1) is 17.4 Å². The Kier molecular flexibility index (Phi) is 6.78. The van der Waals surface area contributed by atoms with E-state index in [-0.39, 0.29) is 41.2 Å². The van der Waals surface area contributed by atoms with E-state index < -0.39 is 23.8 Å². The minimum atomic E-state index is -4.73. The van der Waals surface area contributed by atoms with Crippen molar-refractivity contribution in [3.8, 4) is 11.1 Å². The standard InChI is InChI=1S/C33H31F3N8O3/c1-16-8-21(20-6-7-27-38-19(4)41-43(27)13-20)9-22-23(18(3)45)14-42(29(16)22)15-28(46)44-24(10-32(5)11-26(32)44)31(47)40-30-17(2)37-12-25(39-30)33(34,35)36/h6-9,12-14,24,26H,10-11,15H2,1-5H3,(H,39,40,47)/t24-,26?,32-/m0/s1. The van der Waals surface area contributed by atoms with Gasteiger partial charge < -0.3 is 14.8 Å². The number of pyridine rings is 1. The van der Waals surface area contributed by atoms with Crippen LogP contribution in [0.3, 0.4) is 0 Å². The van der Waals surface area contributed by atoms with Gasteiger partial charge in [0.15, 0.2) is 22.9 Å². The van der Waals surface area contributed by atoms with Crippen molar-refractivity contribution in [2.45, 2.75) is 72.3 Å². The van der Waals surface area contributed by atoms with Gasteiger partial charge in [0.2, 0.25) is 11.8 Å². The Morgan fingerprint density at radius 1 is 1.04 bits per heavy atom. The number of carbonyl (C=O) groups is 3. The van der Waals surface area contributed by atoms with Gasteiger partial charge in [-0.3, -0.25) is 19.4 Å². The van der Waals surface area contributed by atoms with Crippen LogP contribution in [0.5, 0.6) is 0 Å². The van der Waals surface area contributed by atoms with Gasteiger partial charge in [-0.1, -0.05) is 6.92 Å². The molecule has 1 saturated heterocycles. The van der Waals surface area contributed by atoms with Gasteiger partial charge in [-0.15, -0.1) is 0 Å². The van der Waals surface area contributed by atoms with Gasteiger partial charge >= 0.3 is 6.18 Å². The number of likely N-dealkylation sites (tertiary alicyclic amines) is 1. The molecule has 1 saturated carbocycles. The highest BCUT2D eigenvalue weighted by Gasteiger charge is 2.64. The molecular formula is C33H31F3N8O3. The Morgan fingerprint density at radius 2 is 1.81 bits per heavy atom. The number of nitrogens with zero attached hydrogens (tertiary/aromatic N) is 7. The topological polar surface area (TPSA) is 127 Å². The summed E-state index contributed by atoms with van der Waals surface area (Å²) in [4.78, 5) is 53.6. The molecule has 1 N–H and O–H groups in total. The van der Waals surface area contributed by atoms with Crippen molar-refractivity contribution in [1.82, 2.24) is 34.0 Å². The third-order valence-electron chi connectivity index (χ3n) is 9.33. The summed E-state index contributed by atoms with van der Waals surface area (Å²) in [5, 5.41) is 7.59. The lowest BCUT2D eigenvalue weighted by atomic mass is 9.99. The summed E-state index contributed by atoms with van der Waals surface area (Å²) < 4.78 is 43.3. The quantitative estimate of drug-likeness (QED) is 0.249. The number of amides is 2. The van der Waals surface area contributed by atoms with Crippen LogP contribution in [0.1, 0.15) is 59.8 Å². The lowest BCUT2D eigenvalue weighted by Gasteiger charge is -2.27. The number of piperidine rings is 1. The van der Waals surface area contributed by atoms with Crippen LogP contribution >= 0.6 is 0 Å². The molecule has 2 aliphatic rings. The molecule has 47 heavy (non-hydrogen) atoms. The summed E-state index contributed by atoms with van der Waals surface area (Å²) in [5.74, 6) is -0.754. The lowest BCUT2D eigenvalue weighted by Crippen LogP contribution is -2.46. The fourth-order valence-corrected chi connectivity index (χ4v) is 6.88. The number of aromatic nitrogens is 6. The number of Topliss-reactive ketones (excluding diaryl/α,β-unsaturated/α-hetero) is 1. The van der Waals surface area contributed by atoms with E-state index in [0.29, 0.717) is 35.8 Å².